The minimum Gasteiger partial charge on any atom is -0.289 e. The summed E-state index contributed by atoms with van der Waals surface area (Å²) in [6.07, 6.45) is 5.98. The number of Topliss-reactive ketones (excluding diaryl/α,β-unsaturated/α-hetero) is 1. The summed E-state index contributed by atoms with van der Waals surface area (Å²) in [6, 6.07) is 12.3. The van der Waals surface area contributed by atoms with Crippen molar-refractivity contribution in [2.45, 2.75) is 26.2 Å². The first kappa shape index (κ1) is 16.0. The fraction of sp³-hybridized carbons (Fsp3) is 0.190. The number of fused-ring (bicyclic) bond motifs is 1. The number of benzene rings is 2. The van der Waals surface area contributed by atoms with Gasteiger partial charge in [-0.2, -0.15) is 0 Å². The van der Waals surface area contributed by atoms with Gasteiger partial charge in [0.2, 0.25) is 0 Å². The van der Waals surface area contributed by atoms with Crippen LogP contribution in [0.25, 0.3) is 10.8 Å². The van der Waals surface area contributed by atoms with Gasteiger partial charge in [-0.15, -0.1) is 0 Å². The number of ketones is 1. The summed E-state index contributed by atoms with van der Waals surface area (Å²) >= 11 is 0. The van der Waals surface area contributed by atoms with E-state index in [0.717, 1.165) is 11.8 Å². The molecule has 0 radical (unpaired) electrons. The van der Waals surface area contributed by atoms with Gasteiger partial charge in [0, 0.05) is 11.1 Å². The van der Waals surface area contributed by atoms with Crippen molar-refractivity contribution >= 4 is 16.6 Å². The maximum Gasteiger partial charge on any atom is 0.193 e. The number of hydrogen-bond acceptors (Lipinski definition) is 1. The van der Waals surface area contributed by atoms with E-state index >= 15 is 0 Å². The van der Waals surface area contributed by atoms with Crippen LogP contribution < -0.4 is 0 Å². The van der Waals surface area contributed by atoms with Gasteiger partial charge < -0.3 is 0 Å². The van der Waals surface area contributed by atoms with Gasteiger partial charge in [-0.1, -0.05) is 75.6 Å². The van der Waals surface area contributed by atoms with Gasteiger partial charge >= 0.3 is 0 Å². The Kier molecular flexibility index (Phi) is 5.11. The molecule has 0 bridgehead atoms. The Morgan fingerprint density at radius 2 is 1.82 bits per heavy atom. The number of hydrogen-bond donors (Lipinski definition) is 0. The molecule has 0 amide bonds. The third kappa shape index (κ3) is 3.25. The average Bonchev–Trinajstić information content (AvgIpc) is 2.57. The van der Waals surface area contributed by atoms with Crippen molar-refractivity contribution in [3.05, 3.63) is 84.5 Å². The third-order valence-electron chi connectivity index (χ3n) is 4.09. The van der Waals surface area contributed by atoms with Crippen molar-refractivity contribution in [3.8, 4) is 0 Å². The molecule has 0 fully saturated rings. The Hall–Kier alpha value is -2.41. The highest BCUT2D eigenvalue weighted by Gasteiger charge is 2.10. The summed E-state index contributed by atoms with van der Waals surface area (Å²) in [5, 5.41) is 2.25. The van der Waals surface area contributed by atoms with Crippen molar-refractivity contribution in [2.75, 3.05) is 0 Å². The van der Waals surface area contributed by atoms with Crippen molar-refractivity contribution < 1.29 is 4.79 Å². The van der Waals surface area contributed by atoms with E-state index in [1.54, 1.807) is 18.2 Å². The summed E-state index contributed by atoms with van der Waals surface area (Å²) in [5.41, 5.74) is 2.58. The summed E-state index contributed by atoms with van der Waals surface area (Å²) < 4.78 is 0. The highest BCUT2D eigenvalue weighted by atomic mass is 16.1. The van der Waals surface area contributed by atoms with Crippen molar-refractivity contribution in [3.63, 3.8) is 0 Å². The minimum atomic E-state index is -0.0252. The van der Waals surface area contributed by atoms with Crippen molar-refractivity contribution in [1.82, 2.24) is 0 Å². The number of carbonyl (C=O) groups excluding carboxylic acids is 1. The first-order valence-corrected chi connectivity index (χ1v) is 7.64. The van der Waals surface area contributed by atoms with Crippen LogP contribution in [0.15, 0.2) is 73.4 Å². The van der Waals surface area contributed by atoms with Crippen LogP contribution in [-0.4, -0.2) is 5.78 Å². The second-order valence-electron chi connectivity index (χ2n) is 5.52. The van der Waals surface area contributed by atoms with Gasteiger partial charge in [0.05, 0.1) is 0 Å². The standard InChI is InChI=1S/C21H22O/c1-5-8-16(7-3)21(22)20-12-11-18-13-17(15(4)6-2)9-10-19(18)14-20/h5,7-15H,1,3,6H2,2,4H3/b16-8+. The van der Waals surface area contributed by atoms with E-state index in [-0.39, 0.29) is 5.78 Å². The topological polar surface area (TPSA) is 17.1 Å². The first-order chi connectivity index (χ1) is 10.6. The van der Waals surface area contributed by atoms with Crippen molar-refractivity contribution in [2.24, 2.45) is 0 Å². The monoisotopic (exact) mass is 290 g/mol. The van der Waals surface area contributed by atoms with E-state index in [1.165, 1.54) is 10.9 Å². The van der Waals surface area contributed by atoms with Gasteiger partial charge in [-0.3, -0.25) is 4.79 Å². The fourth-order valence-corrected chi connectivity index (χ4v) is 2.48. The molecule has 0 aromatic heterocycles. The molecule has 0 aliphatic carbocycles. The minimum absolute atomic E-state index is 0.0252. The Balaban J connectivity index is 2.43. The molecule has 0 heterocycles. The SMILES string of the molecule is C=C/C=C(\C=C)C(=O)c1ccc2cc(C(C)CC)ccc2c1. The smallest absolute Gasteiger partial charge is 0.193 e. The quantitative estimate of drug-likeness (QED) is 0.371. The van der Waals surface area contributed by atoms with E-state index in [0.29, 0.717) is 17.1 Å². The van der Waals surface area contributed by atoms with Crippen LogP contribution in [0.5, 0.6) is 0 Å². The Labute approximate surface area is 132 Å². The molecule has 22 heavy (non-hydrogen) atoms. The highest BCUT2D eigenvalue weighted by molar-refractivity contribution is 6.12. The van der Waals surface area contributed by atoms with E-state index in [2.05, 4.69) is 45.2 Å². The summed E-state index contributed by atoms with van der Waals surface area (Å²) in [4.78, 5) is 12.4. The second kappa shape index (κ2) is 7.04. The van der Waals surface area contributed by atoms with Crippen LogP contribution in [0.3, 0.4) is 0 Å². The van der Waals surface area contributed by atoms with Gasteiger partial charge in [0.25, 0.3) is 0 Å². The zero-order chi connectivity index (χ0) is 16.1. The molecule has 0 spiro atoms. The number of carbonyl (C=O) groups is 1. The van der Waals surface area contributed by atoms with Gasteiger partial charge in [-0.25, -0.2) is 0 Å². The average molecular weight is 290 g/mol. The molecule has 2 aromatic carbocycles. The fourth-order valence-electron chi connectivity index (χ4n) is 2.48. The summed E-state index contributed by atoms with van der Waals surface area (Å²) in [7, 11) is 0. The summed E-state index contributed by atoms with van der Waals surface area (Å²) in [5.74, 6) is 0.524. The van der Waals surface area contributed by atoms with Gasteiger partial charge in [0.1, 0.15) is 0 Å². The number of allylic oxidation sites excluding steroid dienone is 4. The Morgan fingerprint density at radius 1 is 1.14 bits per heavy atom. The molecule has 1 nitrogen and oxygen atoms in total. The zero-order valence-corrected chi connectivity index (χ0v) is 13.3. The predicted molar refractivity (Wildman–Crippen MR) is 95.5 cm³/mol. The molecule has 1 heteroatoms. The molecule has 0 aliphatic rings. The van der Waals surface area contributed by atoms with Crippen LogP contribution in [0.4, 0.5) is 0 Å². The molecule has 112 valence electrons. The van der Waals surface area contributed by atoms with Crippen LogP contribution in [-0.2, 0) is 0 Å². The molecule has 0 saturated carbocycles. The van der Waals surface area contributed by atoms with Crippen LogP contribution >= 0.6 is 0 Å². The number of rotatable bonds is 6. The lowest BCUT2D eigenvalue weighted by Gasteiger charge is -2.10. The lowest BCUT2D eigenvalue weighted by Crippen LogP contribution is -2.01. The Morgan fingerprint density at radius 3 is 2.45 bits per heavy atom. The zero-order valence-electron chi connectivity index (χ0n) is 13.3. The molecule has 1 unspecified atom stereocenters. The predicted octanol–water partition coefficient (Wildman–Crippen LogP) is 5.83. The van der Waals surface area contributed by atoms with Gasteiger partial charge in [-0.05, 0) is 34.7 Å². The Bertz CT molecular complexity index is 750. The highest BCUT2D eigenvalue weighted by Crippen LogP contribution is 2.25. The molecule has 0 N–H and O–H groups in total. The second-order valence-corrected chi connectivity index (χ2v) is 5.52. The maximum atomic E-state index is 12.4. The molecule has 1 atom stereocenters. The van der Waals surface area contributed by atoms with E-state index in [1.807, 2.05) is 18.2 Å². The van der Waals surface area contributed by atoms with E-state index in [4.69, 9.17) is 0 Å². The largest absolute Gasteiger partial charge is 0.289 e. The summed E-state index contributed by atoms with van der Waals surface area (Å²) in [6.45, 7) is 11.7. The van der Waals surface area contributed by atoms with Crippen LogP contribution in [0, 0.1) is 0 Å². The first-order valence-electron chi connectivity index (χ1n) is 7.64. The van der Waals surface area contributed by atoms with Crippen molar-refractivity contribution in [1.29, 1.82) is 0 Å². The lowest BCUT2D eigenvalue weighted by atomic mass is 9.94. The normalized spacial score (nSPS) is 12.9. The maximum absolute atomic E-state index is 12.4. The van der Waals surface area contributed by atoms with E-state index < -0.39 is 0 Å². The molecular weight excluding hydrogens is 268 g/mol. The third-order valence-corrected chi connectivity index (χ3v) is 4.09. The molecule has 0 saturated heterocycles. The van der Waals surface area contributed by atoms with Gasteiger partial charge in [0.15, 0.2) is 5.78 Å². The lowest BCUT2D eigenvalue weighted by molar-refractivity contribution is 0.103. The van der Waals surface area contributed by atoms with Crippen LogP contribution in [0.1, 0.15) is 42.1 Å². The molecule has 0 aliphatic heterocycles. The molecule has 2 rings (SSSR count). The molecular formula is C21H22O. The van der Waals surface area contributed by atoms with E-state index in [9.17, 15) is 4.79 Å². The van der Waals surface area contributed by atoms with Crippen LogP contribution in [0.2, 0.25) is 0 Å². The molecule has 2 aromatic rings.